The Morgan fingerprint density at radius 1 is 1.28 bits per heavy atom. The van der Waals surface area contributed by atoms with Crippen molar-refractivity contribution in [2.75, 3.05) is 7.05 Å². The minimum Gasteiger partial charge on any atom is -0.455 e. The Kier molecular flexibility index (Phi) is 4.33. The van der Waals surface area contributed by atoms with Crippen LogP contribution in [-0.2, 0) is 6.54 Å². The molecular formula is C14H15BrN2O. The second-order valence-corrected chi connectivity index (χ2v) is 4.95. The maximum absolute atomic E-state index is 5.81. The summed E-state index contributed by atoms with van der Waals surface area (Å²) in [6.45, 7) is 2.82. The average molecular weight is 307 g/mol. The zero-order chi connectivity index (χ0) is 13.0. The van der Waals surface area contributed by atoms with Gasteiger partial charge in [0.25, 0.3) is 0 Å². The van der Waals surface area contributed by atoms with Gasteiger partial charge in [0.1, 0.15) is 11.5 Å². The van der Waals surface area contributed by atoms with Crippen LogP contribution in [0.2, 0.25) is 0 Å². The zero-order valence-electron chi connectivity index (χ0n) is 10.4. The van der Waals surface area contributed by atoms with Crippen molar-refractivity contribution in [1.29, 1.82) is 0 Å². The van der Waals surface area contributed by atoms with Crippen molar-refractivity contribution in [3.8, 4) is 11.5 Å². The van der Waals surface area contributed by atoms with Crippen LogP contribution in [0.1, 0.15) is 11.1 Å². The van der Waals surface area contributed by atoms with E-state index in [4.69, 9.17) is 4.74 Å². The first kappa shape index (κ1) is 13.1. The molecule has 1 aromatic carbocycles. The predicted octanol–water partition coefficient (Wildman–Crippen LogP) is 3.66. The monoisotopic (exact) mass is 306 g/mol. The maximum atomic E-state index is 5.81. The van der Waals surface area contributed by atoms with Crippen molar-refractivity contribution < 1.29 is 4.74 Å². The molecule has 2 rings (SSSR count). The Morgan fingerprint density at radius 2 is 2.11 bits per heavy atom. The van der Waals surface area contributed by atoms with Gasteiger partial charge in [0.2, 0.25) is 0 Å². The number of aryl methyl sites for hydroxylation is 1. The lowest BCUT2D eigenvalue weighted by atomic mass is 10.2. The summed E-state index contributed by atoms with van der Waals surface area (Å²) in [6.07, 6.45) is 3.54. The third-order valence-electron chi connectivity index (χ3n) is 2.47. The third kappa shape index (κ3) is 3.31. The normalized spacial score (nSPS) is 10.4. The number of aromatic nitrogens is 1. The fourth-order valence-electron chi connectivity index (χ4n) is 1.64. The molecule has 0 saturated heterocycles. The molecule has 0 amide bonds. The van der Waals surface area contributed by atoms with Gasteiger partial charge in [0.05, 0.1) is 10.7 Å². The van der Waals surface area contributed by atoms with Gasteiger partial charge >= 0.3 is 0 Å². The Morgan fingerprint density at radius 3 is 2.83 bits per heavy atom. The van der Waals surface area contributed by atoms with Crippen LogP contribution in [0.5, 0.6) is 11.5 Å². The van der Waals surface area contributed by atoms with Crippen LogP contribution in [0.3, 0.4) is 0 Å². The molecule has 1 N–H and O–H groups in total. The summed E-state index contributed by atoms with van der Waals surface area (Å²) in [7, 11) is 1.91. The molecule has 1 heterocycles. The molecule has 94 valence electrons. The SMILES string of the molecule is CNCc1cncc(Oc2ccc(C)cc2Br)c1. The van der Waals surface area contributed by atoms with E-state index in [2.05, 4.69) is 26.2 Å². The zero-order valence-corrected chi connectivity index (χ0v) is 12.0. The molecule has 0 aliphatic rings. The number of benzene rings is 1. The molecule has 4 heteroatoms. The van der Waals surface area contributed by atoms with Crippen molar-refractivity contribution in [2.45, 2.75) is 13.5 Å². The van der Waals surface area contributed by atoms with Crippen LogP contribution >= 0.6 is 15.9 Å². The molecule has 0 atom stereocenters. The highest BCUT2D eigenvalue weighted by Crippen LogP contribution is 2.30. The van der Waals surface area contributed by atoms with Crippen LogP contribution < -0.4 is 10.1 Å². The number of halogens is 1. The van der Waals surface area contributed by atoms with Gasteiger partial charge in [0, 0.05) is 12.7 Å². The van der Waals surface area contributed by atoms with E-state index in [-0.39, 0.29) is 0 Å². The highest BCUT2D eigenvalue weighted by Gasteiger charge is 2.04. The molecule has 0 bridgehead atoms. The van der Waals surface area contributed by atoms with Crippen LogP contribution in [-0.4, -0.2) is 12.0 Å². The standard InChI is InChI=1S/C14H15BrN2O/c1-10-3-4-14(13(15)5-10)18-12-6-11(7-16-2)8-17-9-12/h3-6,8-9,16H,7H2,1-2H3. The first-order chi connectivity index (χ1) is 8.69. The molecule has 0 unspecified atom stereocenters. The maximum Gasteiger partial charge on any atom is 0.146 e. The largest absolute Gasteiger partial charge is 0.455 e. The highest BCUT2D eigenvalue weighted by molar-refractivity contribution is 9.10. The lowest BCUT2D eigenvalue weighted by Gasteiger charge is -2.09. The summed E-state index contributed by atoms with van der Waals surface area (Å²) >= 11 is 3.50. The number of hydrogen-bond acceptors (Lipinski definition) is 3. The number of nitrogens with one attached hydrogen (secondary N) is 1. The van der Waals surface area contributed by atoms with E-state index in [1.54, 1.807) is 6.20 Å². The highest BCUT2D eigenvalue weighted by atomic mass is 79.9. The molecule has 0 spiro atoms. The topological polar surface area (TPSA) is 34.2 Å². The van der Waals surface area contributed by atoms with Gasteiger partial charge < -0.3 is 10.1 Å². The summed E-state index contributed by atoms with van der Waals surface area (Å²) in [6, 6.07) is 7.98. The van der Waals surface area contributed by atoms with Gasteiger partial charge in [-0.25, -0.2) is 0 Å². The molecule has 18 heavy (non-hydrogen) atoms. The van der Waals surface area contributed by atoms with E-state index in [9.17, 15) is 0 Å². The van der Waals surface area contributed by atoms with Gasteiger partial charge in [-0.2, -0.15) is 0 Å². The van der Waals surface area contributed by atoms with Crippen molar-refractivity contribution in [2.24, 2.45) is 0 Å². The van der Waals surface area contributed by atoms with E-state index >= 15 is 0 Å². The van der Waals surface area contributed by atoms with Crippen molar-refractivity contribution in [3.63, 3.8) is 0 Å². The Labute approximate surface area is 115 Å². The fourth-order valence-corrected chi connectivity index (χ4v) is 2.21. The second kappa shape index (κ2) is 5.98. The molecule has 0 aliphatic heterocycles. The van der Waals surface area contributed by atoms with Crippen molar-refractivity contribution in [1.82, 2.24) is 10.3 Å². The van der Waals surface area contributed by atoms with Gasteiger partial charge in [-0.15, -0.1) is 0 Å². The van der Waals surface area contributed by atoms with Crippen molar-refractivity contribution >= 4 is 15.9 Å². The Hall–Kier alpha value is -1.39. The first-order valence-electron chi connectivity index (χ1n) is 5.71. The lowest BCUT2D eigenvalue weighted by Crippen LogP contribution is -2.05. The van der Waals surface area contributed by atoms with Crippen LogP contribution in [0.4, 0.5) is 0 Å². The van der Waals surface area contributed by atoms with Crippen molar-refractivity contribution in [3.05, 3.63) is 52.3 Å². The van der Waals surface area contributed by atoms with E-state index in [1.165, 1.54) is 5.56 Å². The molecule has 0 fully saturated rings. The molecule has 1 aromatic heterocycles. The molecule has 0 aliphatic carbocycles. The molecule has 2 aromatic rings. The predicted molar refractivity (Wildman–Crippen MR) is 76.0 cm³/mol. The van der Waals surface area contributed by atoms with E-state index in [1.807, 2.05) is 44.4 Å². The second-order valence-electron chi connectivity index (χ2n) is 4.10. The quantitative estimate of drug-likeness (QED) is 0.936. The molecular weight excluding hydrogens is 292 g/mol. The summed E-state index contributed by atoms with van der Waals surface area (Å²) in [5.41, 5.74) is 2.29. The van der Waals surface area contributed by atoms with Gasteiger partial charge in [0.15, 0.2) is 0 Å². The van der Waals surface area contributed by atoms with E-state index < -0.39 is 0 Å². The summed E-state index contributed by atoms with van der Waals surface area (Å²) in [5, 5.41) is 3.09. The van der Waals surface area contributed by atoms with E-state index in [0.717, 1.165) is 28.1 Å². The Bertz CT molecular complexity index is 543. The van der Waals surface area contributed by atoms with Crippen LogP contribution in [0, 0.1) is 6.92 Å². The summed E-state index contributed by atoms with van der Waals surface area (Å²) < 4.78 is 6.76. The first-order valence-corrected chi connectivity index (χ1v) is 6.51. The van der Waals surface area contributed by atoms with E-state index in [0.29, 0.717) is 0 Å². The Balaban J connectivity index is 2.20. The number of pyridine rings is 1. The van der Waals surface area contributed by atoms with Gasteiger partial charge in [-0.05, 0) is 59.2 Å². The number of hydrogen-bond donors (Lipinski definition) is 1. The number of rotatable bonds is 4. The van der Waals surface area contributed by atoms with Crippen LogP contribution in [0.25, 0.3) is 0 Å². The third-order valence-corrected chi connectivity index (χ3v) is 3.09. The number of nitrogens with zero attached hydrogens (tertiary/aromatic N) is 1. The minimum absolute atomic E-state index is 0.743. The molecule has 0 radical (unpaired) electrons. The summed E-state index contributed by atoms with van der Waals surface area (Å²) in [5.74, 6) is 1.54. The number of ether oxygens (including phenoxy) is 1. The van der Waals surface area contributed by atoms with Gasteiger partial charge in [-0.1, -0.05) is 6.07 Å². The minimum atomic E-state index is 0.743. The summed E-state index contributed by atoms with van der Waals surface area (Å²) in [4.78, 5) is 4.17. The molecule has 3 nitrogen and oxygen atoms in total. The lowest BCUT2D eigenvalue weighted by molar-refractivity contribution is 0.476. The van der Waals surface area contributed by atoms with Crippen LogP contribution in [0.15, 0.2) is 41.1 Å². The molecule has 0 saturated carbocycles. The average Bonchev–Trinajstić information content (AvgIpc) is 2.34. The van der Waals surface area contributed by atoms with Gasteiger partial charge in [-0.3, -0.25) is 4.98 Å². The smallest absolute Gasteiger partial charge is 0.146 e. The fraction of sp³-hybridized carbons (Fsp3) is 0.214.